The first-order chi connectivity index (χ1) is 9.10. The van der Waals surface area contributed by atoms with Gasteiger partial charge < -0.3 is 10.4 Å². The van der Waals surface area contributed by atoms with Gasteiger partial charge in [-0.15, -0.1) is 0 Å². The minimum atomic E-state index is -0.406. The van der Waals surface area contributed by atoms with Gasteiger partial charge in [0.15, 0.2) is 0 Å². The number of anilines is 1. The molecule has 0 atom stereocenters. The summed E-state index contributed by atoms with van der Waals surface area (Å²) in [7, 11) is 0. The quantitative estimate of drug-likeness (QED) is 0.863. The molecule has 0 aliphatic heterocycles. The van der Waals surface area contributed by atoms with E-state index in [1.807, 2.05) is 13.0 Å². The lowest BCUT2D eigenvalue weighted by Gasteiger charge is -2.07. The fourth-order valence-electron chi connectivity index (χ4n) is 1.70. The Morgan fingerprint density at radius 3 is 2.79 bits per heavy atom. The van der Waals surface area contributed by atoms with Gasteiger partial charge in [-0.25, -0.2) is 0 Å². The van der Waals surface area contributed by atoms with E-state index in [4.69, 9.17) is 5.26 Å². The Kier molecular flexibility index (Phi) is 3.48. The highest BCUT2D eigenvalue weighted by molar-refractivity contribution is 6.06. The second kappa shape index (κ2) is 5.23. The van der Waals surface area contributed by atoms with Crippen molar-refractivity contribution in [3.8, 4) is 11.8 Å². The highest BCUT2D eigenvalue weighted by Gasteiger charge is 2.11. The molecule has 0 aliphatic rings. The van der Waals surface area contributed by atoms with E-state index in [1.165, 1.54) is 6.07 Å². The molecule has 0 bridgehead atoms. The zero-order valence-corrected chi connectivity index (χ0v) is 10.3. The molecule has 2 rings (SSSR count). The summed E-state index contributed by atoms with van der Waals surface area (Å²) in [4.78, 5) is 12.0. The SMILES string of the molecule is Cc1ccc(O)c(C(=O)Nc2cccc(C#N)c2)c1. The van der Waals surface area contributed by atoms with Gasteiger partial charge in [-0.1, -0.05) is 17.7 Å². The third-order valence-electron chi connectivity index (χ3n) is 2.65. The first-order valence-electron chi connectivity index (χ1n) is 5.71. The summed E-state index contributed by atoms with van der Waals surface area (Å²) < 4.78 is 0. The zero-order chi connectivity index (χ0) is 13.8. The second-order valence-electron chi connectivity index (χ2n) is 4.17. The van der Waals surface area contributed by atoms with Crippen molar-refractivity contribution in [1.29, 1.82) is 5.26 Å². The molecule has 0 aliphatic carbocycles. The average Bonchev–Trinajstić information content (AvgIpc) is 2.41. The maximum Gasteiger partial charge on any atom is 0.259 e. The normalized spacial score (nSPS) is 9.68. The number of hydrogen-bond acceptors (Lipinski definition) is 3. The van der Waals surface area contributed by atoms with E-state index < -0.39 is 5.91 Å². The third-order valence-corrected chi connectivity index (χ3v) is 2.65. The molecule has 4 heteroatoms. The molecule has 0 fully saturated rings. The molecule has 0 heterocycles. The Labute approximate surface area is 110 Å². The van der Waals surface area contributed by atoms with Crippen LogP contribution in [0.5, 0.6) is 5.75 Å². The molecule has 0 saturated carbocycles. The molecule has 0 unspecified atom stereocenters. The van der Waals surface area contributed by atoms with Crippen molar-refractivity contribution < 1.29 is 9.90 Å². The predicted molar refractivity (Wildman–Crippen MR) is 72.0 cm³/mol. The van der Waals surface area contributed by atoms with E-state index in [2.05, 4.69) is 5.32 Å². The molecule has 2 N–H and O–H groups in total. The van der Waals surface area contributed by atoms with Crippen LogP contribution in [0.2, 0.25) is 0 Å². The number of hydrogen-bond donors (Lipinski definition) is 2. The first-order valence-corrected chi connectivity index (χ1v) is 5.71. The summed E-state index contributed by atoms with van der Waals surface area (Å²) in [5.41, 5.74) is 2.08. The van der Waals surface area contributed by atoms with Gasteiger partial charge >= 0.3 is 0 Å². The van der Waals surface area contributed by atoms with Gasteiger partial charge in [0.2, 0.25) is 0 Å². The number of amides is 1. The minimum Gasteiger partial charge on any atom is -0.507 e. The molecule has 0 aromatic heterocycles. The number of aryl methyl sites for hydroxylation is 1. The summed E-state index contributed by atoms with van der Waals surface area (Å²) in [5.74, 6) is -0.476. The third kappa shape index (κ3) is 2.90. The second-order valence-corrected chi connectivity index (χ2v) is 4.17. The van der Waals surface area contributed by atoms with Crippen LogP contribution in [0.15, 0.2) is 42.5 Å². The molecular formula is C15H12N2O2. The Bertz CT molecular complexity index is 672. The van der Waals surface area contributed by atoms with Crippen molar-refractivity contribution in [2.45, 2.75) is 6.92 Å². The lowest BCUT2D eigenvalue weighted by Crippen LogP contribution is -2.12. The van der Waals surface area contributed by atoms with Crippen LogP contribution in [0.4, 0.5) is 5.69 Å². The smallest absolute Gasteiger partial charge is 0.259 e. The van der Waals surface area contributed by atoms with Crippen LogP contribution in [0.1, 0.15) is 21.5 Å². The van der Waals surface area contributed by atoms with Crippen molar-refractivity contribution in [2.75, 3.05) is 5.32 Å². The van der Waals surface area contributed by atoms with E-state index in [0.29, 0.717) is 11.3 Å². The van der Waals surface area contributed by atoms with Crippen LogP contribution >= 0.6 is 0 Å². The molecule has 4 nitrogen and oxygen atoms in total. The Hall–Kier alpha value is -2.80. The van der Waals surface area contributed by atoms with E-state index >= 15 is 0 Å². The lowest BCUT2D eigenvalue weighted by molar-refractivity contribution is 0.102. The molecular weight excluding hydrogens is 240 g/mol. The molecule has 0 spiro atoms. The van der Waals surface area contributed by atoms with Gasteiger partial charge in [0.05, 0.1) is 17.2 Å². The van der Waals surface area contributed by atoms with E-state index in [0.717, 1.165) is 5.56 Å². The van der Waals surface area contributed by atoms with Gasteiger partial charge in [0.1, 0.15) is 5.75 Å². The summed E-state index contributed by atoms with van der Waals surface area (Å²) in [6.07, 6.45) is 0. The summed E-state index contributed by atoms with van der Waals surface area (Å²) in [6.45, 7) is 1.84. The summed E-state index contributed by atoms with van der Waals surface area (Å²) in [6, 6.07) is 13.4. The van der Waals surface area contributed by atoms with Crippen LogP contribution < -0.4 is 5.32 Å². The van der Waals surface area contributed by atoms with Crippen LogP contribution in [0.3, 0.4) is 0 Å². The number of carbonyl (C=O) groups excluding carboxylic acids is 1. The number of phenolic OH excluding ortho intramolecular Hbond substituents is 1. The molecule has 19 heavy (non-hydrogen) atoms. The number of benzene rings is 2. The average molecular weight is 252 g/mol. The summed E-state index contributed by atoms with van der Waals surface area (Å²) >= 11 is 0. The van der Waals surface area contributed by atoms with Crippen molar-refractivity contribution in [3.63, 3.8) is 0 Å². The molecule has 1 amide bonds. The number of nitrogens with zero attached hydrogens (tertiary/aromatic N) is 1. The van der Waals surface area contributed by atoms with Crippen molar-refractivity contribution in [2.24, 2.45) is 0 Å². The Morgan fingerprint density at radius 2 is 2.05 bits per heavy atom. The van der Waals surface area contributed by atoms with Gasteiger partial charge in [-0.05, 0) is 37.3 Å². The maximum absolute atomic E-state index is 12.0. The Morgan fingerprint density at radius 1 is 1.26 bits per heavy atom. The topological polar surface area (TPSA) is 73.1 Å². The molecule has 0 saturated heterocycles. The van der Waals surface area contributed by atoms with E-state index in [1.54, 1.807) is 36.4 Å². The van der Waals surface area contributed by atoms with Gasteiger partial charge in [0, 0.05) is 5.69 Å². The highest BCUT2D eigenvalue weighted by atomic mass is 16.3. The molecule has 94 valence electrons. The Balaban J connectivity index is 2.26. The number of phenols is 1. The van der Waals surface area contributed by atoms with Gasteiger partial charge in [-0.2, -0.15) is 5.26 Å². The first kappa shape index (κ1) is 12.7. The summed E-state index contributed by atoms with van der Waals surface area (Å²) in [5, 5.41) is 21.1. The lowest BCUT2D eigenvalue weighted by atomic mass is 10.1. The van der Waals surface area contributed by atoms with Gasteiger partial charge in [0.25, 0.3) is 5.91 Å². The van der Waals surface area contributed by atoms with Crippen LogP contribution in [0.25, 0.3) is 0 Å². The predicted octanol–water partition coefficient (Wildman–Crippen LogP) is 2.82. The fourth-order valence-corrected chi connectivity index (χ4v) is 1.70. The van der Waals surface area contributed by atoms with Crippen molar-refractivity contribution in [3.05, 3.63) is 59.2 Å². The highest BCUT2D eigenvalue weighted by Crippen LogP contribution is 2.20. The number of nitrogens with one attached hydrogen (secondary N) is 1. The number of nitriles is 1. The monoisotopic (exact) mass is 252 g/mol. The number of aromatic hydroxyl groups is 1. The number of rotatable bonds is 2. The molecule has 0 radical (unpaired) electrons. The van der Waals surface area contributed by atoms with E-state index in [9.17, 15) is 9.90 Å². The minimum absolute atomic E-state index is 0.0699. The molecule has 2 aromatic rings. The van der Waals surface area contributed by atoms with E-state index in [-0.39, 0.29) is 11.3 Å². The van der Waals surface area contributed by atoms with Crippen molar-refractivity contribution >= 4 is 11.6 Å². The van der Waals surface area contributed by atoms with Gasteiger partial charge in [-0.3, -0.25) is 4.79 Å². The zero-order valence-electron chi connectivity index (χ0n) is 10.3. The fraction of sp³-hybridized carbons (Fsp3) is 0.0667. The van der Waals surface area contributed by atoms with Crippen molar-refractivity contribution in [1.82, 2.24) is 0 Å². The largest absolute Gasteiger partial charge is 0.507 e. The van der Waals surface area contributed by atoms with Crippen LogP contribution in [-0.2, 0) is 0 Å². The maximum atomic E-state index is 12.0. The molecule has 2 aromatic carbocycles. The van der Waals surface area contributed by atoms with Crippen LogP contribution in [0, 0.1) is 18.3 Å². The standard InChI is InChI=1S/C15H12N2O2/c1-10-5-6-14(18)13(7-10)15(19)17-12-4-2-3-11(8-12)9-16/h2-8,18H,1H3,(H,17,19). The number of carbonyl (C=O) groups is 1. The van der Waals surface area contributed by atoms with Crippen LogP contribution in [-0.4, -0.2) is 11.0 Å².